The van der Waals surface area contributed by atoms with Crippen LogP contribution in [0.2, 0.25) is 0 Å². The van der Waals surface area contributed by atoms with Gasteiger partial charge in [-0.05, 0) is 31.2 Å². The lowest BCUT2D eigenvalue weighted by atomic mass is 10.0. The number of rotatable bonds is 6. The average Bonchev–Trinajstić information content (AvgIpc) is 2.37. The SMILES string of the molecule is CCC(CNC)C(=O)N(C)Cc1ccc(F)cc1. The number of nitrogens with zero attached hydrogens (tertiary/aromatic N) is 1. The second kappa shape index (κ2) is 7.11. The molecule has 3 nitrogen and oxygen atoms in total. The highest BCUT2D eigenvalue weighted by Gasteiger charge is 2.19. The van der Waals surface area contributed by atoms with Crippen molar-refractivity contribution in [1.82, 2.24) is 10.2 Å². The van der Waals surface area contributed by atoms with E-state index in [4.69, 9.17) is 0 Å². The monoisotopic (exact) mass is 252 g/mol. The lowest BCUT2D eigenvalue weighted by molar-refractivity contribution is -0.134. The lowest BCUT2D eigenvalue weighted by Crippen LogP contribution is -2.36. The van der Waals surface area contributed by atoms with E-state index in [1.165, 1.54) is 12.1 Å². The second-order valence-electron chi connectivity index (χ2n) is 4.48. The number of nitrogens with one attached hydrogen (secondary N) is 1. The van der Waals surface area contributed by atoms with Crippen molar-refractivity contribution in [3.05, 3.63) is 35.6 Å². The molecule has 0 heterocycles. The fourth-order valence-electron chi connectivity index (χ4n) is 1.91. The summed E-state index contributed by atoms with van der Waals surface area (Å²) >= 11 is 0. The van der Waals surface area contributed by atoms with E-state index in [0.29, 0.717) is 13.1 Å². The quantitative estimate of drug-likeness (QED) is 0.840. The molecule has 1 N–H and O–H groups in total. The molecule has 0 bridgehead atoms. The van der Waals surface area contributed by atoms with Crippen LogP contribution in [0.25, 0.3) is 0 Å². The summed E-state index contributed by atoms with van der Waals surface area (Å²) in [7, 11) is 3.62. The van der Waals surface area contributed by atoms with Crippen molar-refractivity contribution in [1.29, 1.82) is 0 Å². The van der Waals surface area contributed by atoms with E-state index < -0.39 is 0 Å². The molecule has 1 rings (SSSR count). The largest absolute Gasteiger partial charge is 0.341 e. The Bertz CT molecular complexity index is 378. The van der Waals surface area contributed by atoms with Crippen LogP contribution in [0.15, 0.2) is 24.3 Å². The van der Waals surface area contributed by atoms with Crippen LogP contribution in [-0.2, 0) is 11.3 Å². The Morgan fingerprint density at radius 2 is 2.00 bits per heavy atom. The summed E-state index contributed by atoms with van der Waals surface area (Å²) < 4.78 is 12.8. The molecule has 100 valence electrons. The molecule has 1 aromatic rings. The standard InChI is InChI=1S/C14H21FN2O/c1-4-12(9-16-2)14(18)17(3)10-11-5-7-13(15)8-6-11/h5-8,12,16H,4,9-10H2,1-3H3. The smallest absolute Gasteiger partial charge is 0.226 e. The highest BCUT2D eigenvalue weighted by molar-refractivity contribution is 5.78. The number of hydrogen-bond acceptors (Lipinski definition) is 2. The number of carbonyl (C=O) groups is 1. The first-order valence-corrected chi connectivity index (χ1v) is 6.22. The summed E-state index contributed by atoms with van der Waals surface area (Å²) in [6.07, 6.45) is 0.813. The Morgan fingerprint density at radius 1 is 1.39 bits per heavy atom. The zero-order chi connectivity index (χ0) is 13.5. The van der Waals surface area contributed by atoms with Crippen molar-refractivity contribution in [3.8, 4) is 0 Å². The molecule has 0 aliphatic heterocycles. The van der Waals surface area contributed by atoms with Crippen LogP contribution in [-0.4, -0.2) is 31.4 Å². The van der Waals surface area contributed by atoms with Gasteiger partial charge in [-0.25, -0.2) is 4.39 Å². The van der Waals surface area contributed by atoms with Gasteiger partial charge in [0.1, 0.15) is 5.82 Å². The molecular formula is C14H21FN2O. The zero-order valence-corrected chi connectivity index (χ0v) is 11.2. The van der Waals surface area contributed by atoms with E-state index in [-0.39, 0.29) is 17.6 Å². The number of carbonyl (C=O) groups excluding carboxylic acids is 1. The first-order chi connectivity index (χ1) is 8.58. The Morgan fingerprint density at radius 3 is 2.50 bits per heavy atom. The van der Waals surface area contributed by atoms with Crippen molar-refractivity contribution in [2.75, 3.05) is 20.6 Å². The predicted octanol–water partition coefficient (Wildman–Crippen LogP) is 2.03. The van der Waals surface area contributed by atoms with Gasteiger partial charge in [0, 0.05) is 20.1 Å². The van der Waals surface area contributed by atoms with E-state index >= 15 is 0 Å². The molecule has 0 radical (unpaired) electrons. The third-order valence-electron chi connectivity index (χ3n) is 3.00. The number of amides is 1. The zero-order valence-electron chi connectivity index (χ0n) is 11.2. The minimum atomic E-state index is -0.255. The molecule has 0 aromatic heterocycles. The van der Waals surface area contributed by atoms with Gasteiger partial charge < -0.3 is 10.2 Å². The molecule has 0 fully saturated rings. The van der Waals surface area contributed by atoms with Crippen LogP contribution in [0, 0.1) is 11.7 Å². The maximum Gasteiger partial charge on any atom is 0.226 e. The maximum atomic E-state index is 12.8. The van der Waals surface area contributed by atoms with Crippen molar-refractivity contribution in [3.63, 3.8) is 0 Å². The van der Waals surface area contributed by atoms with Gasteiger partial charge in [-0.3, -0.25) is 4.79 Å². The van der Waals surface area contributed by atoms with Crippen LogP contribution in [0.4, 0.5) is 4.39 Å². The molecule has 1 amide bonds. The fraction of sp³-hybridized carbons (Fsp3) is 0.500. The first kappa shape index (κ1) is 14.6. The van der Waals surface area contributed by atoms with Gasteiger partial charge >= 0.3 is 0 Å². The molecule has 4 heteroatoms. The normalized spacial score (nSPS) is 12.2. The van der Waals surface area contributed by atoms with Gasteiger partial charge in [0.15, 0.2) is 0 Å². The van der Waals surface area contributed by atoms with Crippen molar-refractivity contribution in [2.24, 2.45) is 5.92 Å². The highest BCUT2D eigenvalue weighted by Crippen LogP contribution is 2.10. The van der Waals surface area contributed by atoms with E-state index in [1.54, 1.807) is 24.1 Å². The maximum absolute atomic E-state index is 12.8. The number of hydrogen-bond donors (Lipinski definition) is 1. The van der Waals surface area contributed by atoms with E-state index in [2.05, 4.69) is 5.32 Å². The van der Waals surface area contributed by atoms with Crippen LogP contribution in [0.5, 0.6) is 0 Å². The summed E-state index contributed by atoms with van der Waals surface area (Å²) in [4.78, 5) is 13.8. The van der Waals surface area contributed by atoms with Gasteiger partial charge in [-0.1, -0.05) is 19.1 Å². The fourth-order valence-corrected chi connectivity index (χ4v) is 1.91. The summed E-state index contributed by atoms with van der Waals surface area (Å²) in [6, 6.07) is 6.24. The van der Waals surface area contributed by atoms with Crippen LogP contribution >= 0.6 is 0 Å². The Kier molecular flexibility index (Phi) is 5.78. The topological polar surface area (TPSA) is 32.3 Å². The second-order valence-corrected chi connectivity index (χ2v) is 4.48. The van der Waals surface area contributed by atoms with E-state index in [1.807, 2.05) is 14.0 Å². The number of benzene rings is 1. The predicted molar refractivity (Wildman–Crippen MR) is 70.6 cm³/mol. The molecule has 0 saturated heterocycles. The van der Waals surface area contributed by atoms with Gasteiger partial charge in [0.25, 0.3) is 0 Å². The molecule has 1 aromatic carbocycles. The lowest BCUT2D eigenvalue weighted by Gasteiger charge is -2.23. The highest BCUT2D eigenvalue weighted by atomic mass is 19.1. The van der Waals surface area contributed by atoms with Crippen LogP contribution in [0.3, 0.4) is 0 Å². The minimum absolute atomic E-state index is 0.000415. The average molecular weight is 252 g/mol. The van der Waals surface area contributed by atoms with Crippen LogP contribution < -0.4 is 5.32 Å². The van der Waals surface area contributed by atoms with E-state index in [0.717, 1.165) is 12.0 Å². The Labute approximate surface area is 108 Å². The molecular weight excluding hydrogens is 231 g/mol. The minimum Gasteiger partial charge on any atom is -0.341 e. The van der Waals surface area contributed by atoms with Gasteiger partial charge in [-0.2, -0.15) is 0 Å². The summed E-state index contributed by atoms with van der Waals surface area (Å²) in [6.45, 7) is 3.20. The van der Waals surface area contributed by atoms with E-state index in [9.17, 15) is 9.18 Å². The first-order valence-electron chi connectivity index (χ1n) is 6.22. The summed E-state index contributed by atoms with van der Waals surface area (Å²) in [5.74, 6) is -0.133. The summed E-state index contributed by atoms with van der Waals surface area (Å²) in [5, 5.41) is 3.03. The van der Waals surface area contributed by atoms with Crippen molar-refractivity contribution >= 4 is 5.91 Å². The Balaban J connectivity index is 2.61. The van der Waals surface area contributed by atoms with Gasteiger partial charge in [0.05, 0.1) is 5.92 Å². The number of halogens is 1. The molecule has 1 unspecified atom stereocenters. The van der Waals surface area contributed by atoms with Gasteiger partial charge in [0.2, 0.25) is 5.91 Å². The molecule has 0 aliphatic carbocycles. The molecule has 0 aliphatic rings. The van der Waals surface area contributed by atoms with Crippen molar-refractivity contribution < 1.29 is 9.18 Å². The van der Waals surface area contributed by atoms with Crippen LogP contribution in [0.1, 0.15) is 18.9 Å². The molecule has 0 saturated carbocycles. The summed E-state index contributed by atoms with van der Waals surface area (Å²) in [5.41, 5.74) is 0.937. The molecule has 18 heavy (non-hydrogen) atoms. The molecule has 1 atom stereocenters. The third-order valence-corrected chi connectivity index (χ3v) is 3.00. The molecule has 0 spiro atoms. The Hall–Kier alpha value is -1.42. The van der Waals surface area contributed by atoms with Crippen molar-refractivity contribution in [2.45, 2.75) is 19.9 Å². The third kappa shape index (κ3) is 4.11. The van der Waals surface area contributed by atoms with Gasteiger partial charge in [-0.15, -0.1) is 0 Å².